The maximum atomic E-state index is 13.1. The number of hydrogen-bond donors (Lipinski definition) is 3. The summed E-state index contributed by atoms with van der Waals surface area (Å²) in [5.41, 5.74) is 7.53. The molecule has 4 N–H and O–H groups in total. The standard InChI is InChI=1S/C33H36N4O7S/c1-32(2,40)19-43-23-8-10-28-27(17-35-37(28)18-23)31(39)36-22-13-33(14-22)15-24(16-33)44-29-12-21(7-9-26(29)30(34)38)20-5-4-6-25(11-20)45(3,41)42/h4-12,17-18,22,24,40H,13-16,19H2,1-3H3,(H2,34,38)(H,36,39). The first-order chi connectivity index (χ1) is 21.2. The molecule has 2 aliphatic rings. The van der Waals surface area contributed by atoms with Gasteiger partial charge >= 0.3 is 0 Å². The maximum Gasteiger partial charge on any atom is 0.255 e. The zero-order valence-electron chi connectivity index (χ0n) is 25.3. The largest absolute Gasteiger partial charge is 0.490 e. The summed E-state index contributed by atoms with van der Waals surface area (Å²) >= 11 is 0. The van der Waals surface area contributed by atoms with E-state index in [2.05, 4.69) is 10.4 Å². The maximum absolute atomic E-state index is 13.1. The molecule has 2 aromatic carbocycles. The third-order valence-electron chi connectivity index (χ3n) is 8.48. The first kappa shape index (κ1) is 30.6. The van der Waals surface area contributed by atoms with Crippen molar-refractivity contribution in [2.45, 2.75) is 62.2 Å². The van der Waals surface area contributed by atoms with Crippen molar-refractivity contribution < 1.29 is 32.6 Å². The molecule has 2 aliphatic carbocycles. The van der Waals surface area contributed by atoms with Gasteiger partial charge in [-0.15, -0.1) is 0 Å². The van der Waals surface area contributed by atoms with Gasteiger partial charge in [-0.3, -0.25) is 9.59 Å². The molecule has 0 atom stereocenters. The first-order valence-corrected chi connectivity index (χ1v) is 16.6. The smallest absolute Gasteiger partial charge is 0.255 e. The molecule has 0 aliphatic heterocycles. The number of amides is 2. The molecule has 4 aromatic rings. The monoisotopic (exact) mass is 632 g/mol. The number of carbonyl (C=O) groups excluding carboxylic acids is 2. The highest BCUT2D eigenvalue weighted by atomic mass is 32.2. The Hall–Kier alpha value is -4.42. The molecule has 11 nitrogen and oxygen atoms in total. The van der Waals surface area contributed by atoms with Crippen LogP contribution in [0.25, 0.3) is 16.6 Å². The molecule has 2 amide bonds. The Balaban J connectivity index is 1.06. The van der Waals surface area contributed by atoms with Crippen molar-refractivity contribution >= 4 is 27.2 Å². The molecule has 1 spiro atoms. The van der Waals surface area contributed by atoms with E-state index in [1.165, 1.54) is 6.20 Å². The number of fused-ring (bicyclic) bond motifs is 1. The van der Waals surface area contributed by atoms with Crippen LogP contribution >= 0.6 is 0 Å². The Bertz CT molecular complexity index is 1900. The topological polar surface area (TPSA) is 162 Å². The van der Waals surface area contributed by atoms with Gasteiger partial charge in [-0.1, -0.05) is 18.2 Å². The van der Waals surface area contributed by atoms with Gasteiger partial charge in [-0.2, -0.15) is 5.10 Å². The molecule has 236 valence electrons. The lowest BCUT2D eigenvalue weighted by Gasteiger charge is -2.57. The van der Waals surface area contributed by atoms with Gasteiger partial charge in [0, 0.05) is 12.3 Å². The van der Waals surface area contributed by atoms with Crippen molar-refractivity contribution in [2.24, 2.45) is 11.1 Å². The van der Waals surface area contributed by atoms with Gasteiger partial charge in [-0.05, 0) is 92.5 Å². The number of benzene rings is 2. The van der Waals surface area contributed by atoms with E-state index in [-0.39, 0.29) is 40.5 Å². The van der Waals surface area contributed by atoms with Crippen LogP contribution in [-0.4, -0.2) is 65.6 Å². The summed E-state index contributed by atoms with van der Waals surface area (Å²) in [6.45, 7) is 3.45. The van der Waals surface area contributed by atoms with Crippen LogP contribution in [0.2, 0.25) is 0 Å². The van der Waals surface area contributed by atoms with Crippen molar-refractivity contribution in [3.05, 3.63) is 78.1 Å². The second-order valence-electron chi connectivity index (χ2n) is 13.0. The van der Waals surface area contributed by atoms with E-state index in [0.717, 1.165) is 31.9 Å². The molecule has 12 heteroatoms. The number of pyridine rings is 1. The Kier molecular flexibility index (Phi) is 7.60. The minimum Gasteiger partial charge on any atom is -0.490 e. The molecule has 45 heavy (non-hydrogen) atoms. The fourth-order valence-corrected chi connectivity index (χ4v) is 6.91. The normalized spacial score (nSPS) is 21.2. The number of primary amides is 1. The third-order valence-corrected chi connectivity index (χ3v) is 9.59. The van der Waals surface area contributed by atoms with E-state index in [1.807, 2.05) is 0 Å². The summed E-state index contributed by atoms with van der Waals surface area (Å²) in [6, 6.07) is 15.2. The molecule has 0 unspecified atom stereocenters. The van der Waals surface area contributed by atoms with E-state index in [4.69, 9.17) is 15.2 Å². The number of rotatable bonds is 10. The number of aromatic nitrogens is 2. The zero-order chi connectivity index (χ0) is 32.1. The fourth-order valence-electron chi connectivity index (χ4n) is 6.25. The van der Waals surface area contributed by atoms with Crippen LogP contribution in [0, 0.1) is 5.41 Å². The zero-order valence-corrected chi connectivity index (χ0v) is 26.1. The molecule has 2 heterocycles. The van der Waals surface area contributed by atoms with Crippen molar-refractivity contribution in [1.82, 2.24) is 14.9 Å². The Labute approximate surface area is 261 Å². The molecule has 2 saturated carbocycles. The fraction of sp³-hybridized carbons (Fsp3) is 0.364. The van der Waals surface area contributed by atoms with E-state index in [1.54, 1.807) is 79.2 Å². The Morgan fingerprint density at radius 2 is 1.80 bits per heavy atom. The van der Waals surface area contributed by atoms with Crippen LogP contribution in [0.4, 0.5) is 0 Å². The SMILES string of the molecule is CC(C)(O)COc1ccc2c(C(=O)NC3CC4(C3)CC(Oc3cc(-c5cccc(S(C)(=O)=O)c5)ccc3C(N)=O)C4)cnn2c1. The van der Waals surface area contributed by atoms with Crippen molar-refractivity contribution in [2.75, 3.05) is 12.9 Å². The van der Waals surface area contributed by atoms with Crippen LogP contribution in [0.5, 0.6) is 11.5 Å². The predicted octanol–water partition coefficient (Wildman–Crippen LogP) is 3.77. The lowest BCUT2D eigenvalue weighted by molar-refractivity contribution is -0.0834. The second-order valence-corrected chi connectivity index (χ2v) is 15.0. The second kappa shape index (κ2) is 11.2. The quantitative estimate of drug-likeness (QED) is 0.238. The summed E-state index contributed by atoms with van der Waals surface area (Å²) in [5, 5.41) is 17.3. The van der Waals surface area contributed by atoms with Crippen molar-refractivity contribution in [3.8, 4) is 22.6 Å². The Morgan fingerprint density at radius 3 is 2.49 bits per heavy atom. The van der Waals surface area contributed by atoms with Crippen molar-refractivity contribution in [1.29, 1.82) is 0 Å². The van der Waals surface area contributed by atoms with E-state index in [9.17, 15) is 23.1 Å². The number of ether oxygens (including phenoxy) is 2. The summed E-state index contributed by atoms with van der Waals surface area (Å²) in [6.07, 6.45) is 7.49. The van der Waals surface area contributed by atoms with Crippen LogP contribution < -0.4 is 20.5 Å². The van der Waals surface area contributed by atoms with Gasteiger partial charge in [0.15, 0.2) is 9.84 Å². The third kappa shape index (κ3) is 6.52. The Morgan fingerprint density at radius 1 is 1.07 bits per heavy atom. The summed E-state index contributed by atoms with van der Waals surface area (Å²) in [4.78, 5) is 25.4. The van der Waals surface area contributed by atoms with E-state index >= 15 is 0 Å². The number of nitrogens with two attached hydrogens (primary N) is 1. The summed E-state index contributed by atoms with van der Waals surface area (Å²) in [5.74, 6) is 0.117. The molecular weight excluding hydrogens is 596 g/mol. The van der Waals surface area contributed by atoms with Crippen molar-refractivity contribution in [3.63, 3.8) is 0 Å². The van der Waals surface area contributed by atoms with Crippen LogP contribution in [-0.2, 0) is 9.84 Å². The molecule has 2 fully saturated rings. The average molecular weight is 633 g/mol. The summed E-state index contributed by atoms with van der Waals surface area (Å²) in [7, 11) is -3.38. The molecule has 0 radical (unpaired) electrons. The molecule has 0 saturated heterocycles. The van der Waals surface area contributed by atoms with E-state index in [0.29, 0.717) is 33.7 Å². The van der Waals surface area contributed by atoms with Crippen LogP contribution in [0.3, 0.4) is 0 Å². The van der Waals surface area contributed by atoms with Gasteiger partial charge in [0.2, 0.25) is 0 Å². The predicted molar refractivity (Wildman–Crippen MR) is 167 cm³/mol. The lowest BCUT2D eigenvalue weighted by Crippen LogP contribution is -2.58. The first-order valence-electron chi connectivity index (χ1n) is 14.7. The molecule has 6 rings (SSSR count). The number of nitrogens with one attached hydrogen (secondary N) is 1. The summed E-state index contributed by atoms with van der Waals surface area (Å²) < 4.78 is 37.6. The van der Waals surface area contributed by atoms with Gasteiger partial charge in [0.1, 0.15) is 18.1 Å². The molecule has 0 bridgehead atoms. The molecular formula is C33H36N4O7S. The average Bonchev–Trinajstić information content (AvgIpc) is 3.36. The highest BCUT2D eigenvalue weighted by Crippen LogP contribution is 2.57. The minimum absolute atomic E-state index is 0.0365. The number of nitrogens with zero attached hydrogens (tertiary/aromatic N) is 2. The van der Waals surface area contributed by atoms with Gasteiger partial charge in [0.05, 0.1) is 45.6 Å². The van der Waals surface area contributed by atoms with Gasteiger partial charge < -0.3 is 25.6 Å². The molecule has 2 aromatic heterocycles. The van der Waals surface area contributed by atoms with Gasteiger partial charge in [0.25, 0.3) is 11.8 Å². The van der Waals surface area contributed by atoms with Gasteiger partial charge in [-0.25, -0.2) is 12.9 Å². The number of sulfone groups is 1. The van der Waals surface area contributed by atoms with Crippen LogP contribution in [0.15, 0.2) is 71.9 Å². The van der Waals surface area contributed by atoms with E-state index < -0.39 is 21.3 Å². The minimum atomic E-state index is -3.38. The lowest BCUT2D eigenvalue weighted by atomic mass is 9.53. The highest BCUT2D eigenvalue weighted by molar-refractivity contribution is 7.90. The van der Waals surface area contributed by atoms with Crippen LogP contribution in [0.1, 0.15) is 60.2 Å². The highest BCUT2D eigenvalue weighted by Gasteiger charge is 2.54. The number of aliphatic hydroxyl groups is 1. The number of hydrogen-bond acceptors (Lipinski definition) is 8. The number of carbonyl (C=O) groups is 2.